The van der Waals surface area contributed by atoms with Crippen LogP contribution in [0.15, 0.2) is 41.7 Å². The first-order valence-electron chi connectivity index (χ1n) is 7.14. The van der Waals surface area contributed by atoms with Crippen molar-refractivity contribution in [2.45, 2.75) is 19.6 Å². The van der Waals surface area contributed by atoms with Crippen LogP contribution in [0.5, 0.6) is 0 Å². The Hall–Kier alpha value is -2.64. The highest BCUT2D eigenvalue weighted by atomic mass is 19.4. The Labute approximate surface area is 136 Å². The average Bonchev–Trinajstić information content (AvgIpc) is 2.49. The molecule has 5 nitrogen and oxygen atoms in total. The Morgan fingerprint density at radius 3 is 2.67 bits per heavy atom. The van der Waals surface area contributed by atoms with E-state index in [0.717, 1.165) is 4.57 Å². The van der Waals surface area contributed by atoms with Gasteiger partial charge >= 0.3 is 6.18 Å². The predicted molar refractivity (Wildman–Crippen MR) is 83.6 cm³/mol. The zero-order valence-corrected chi connectivity index (χ0v) is 13.0. The fraction of sp³-hybridized carbons (Fsp3) is 0.312. The highest BCUT2D eigenvalue weighted by Crippen LogP contribution is 2.17. The van der Waals surface area contributed by atoms with Gasteiger partial charge in [-0.2, -0.15) is 13.2 Å². The fourth-order valence-corrected chi connectivity index (χ4v) is 2.33. The summed E-state index contributed by atoms with van der Waals surface area (Å²) in [7, 11) is 0. The zero-order chi connectivity index (χ0) is 17.9. The maximum atomic E-state index is 12.6. The number of halogens is 3. The van der Waals surface area contributed by atoms with E-state index in [4.69, 9.17) is 0 Å². The molecule has 0 radical (unpaired) electrons. The maximum absolute atomic E-state index is 12.6. The molecule has 0 fully saturated rings. The number of carbonyl (C=O) groups excluding carboxylic acids is 1. The normalized spacial score (nSPS) is 11.5. The lowest BCUT2D eigenvalue weighted by atomic mass is 10.2. The zero-order valence-electron chi connectivity index (χ0n) is 13.0. The van der Waals surface area contributed by atoms with Crippen molar-refractivity contribution in [2.24, 2.45) is 0 Å². The Morgan fingerprint density at radius 2 is 2.04 bits per heavy atom. The second-order valence-electron chi connectivity index (χ2n) is 5.25. The van der Waals surface area contributed by atoms with Gasteiger partial charge in [0.05, 0.1) is 10.9 Å². The molecule has 0 atom stereocenters. The van der Waals surface area contributed by atoms with Crippen LogP contribution in [0, 0.1) is 6.92 Å². The minimum absolute atomic E-state index is 0.257. The van der Waals surface area contributed by atoms with E-state index in [1.807, 2.05) is 0 Å². The lowest BCUT2D eigenvalue weighted by Crippen LogP contribution is -2.42. The molecule has 1 aromatic heterocycles. The first-order chi connectivity index (χ1) is 11.2. The number of nitrogens with zero attached hydrogens (tertiary/aromatic N) is 3. The van der Waals surface area contributed by atoms with E-state index >= 15 is 0 Å². The lowest BCUT2D eigenvalue weighted by Gasteiger charge is -2.23. The molecule has 1 heterocycles. The van der Waals surface area contributed by atoms with Crippen LogP contribution in [0.4, 0.5) is 13.2 Å². The number of rotatable bonds is 5. The fourth-order valence-electron chi connectivity index (χ4n) is 2.33. The molecule has 0 aliphatic heterocycles. The number of aromatic nitrogens is 2. The molecule has 8 heteroatoms. The number of aryl methyl sites for hydroxylation is 1. The standard InChI is InChI=1S/C16H16F3N3O2/c1-3-8-21(10-16(17,18)19)14(23)9-22-11(2)20-13-7-5-4-6-12(13)15(22)24/h3-7H,1,8-10H2,2H3. The lowest BCUT2D eigenvalue weighted by molar-refractivity contribution is -0.160. The number of hydrogen-bond donors (Lipinski definition) is 0. The van der Waals surface area contributed by atoms with Crippen LogP contribution < -0.4 is 5.56 Å². The summed E-state index contributed by atoms with van der Waals surface area (Å²) in [5.74, 6) is -0.563. The summed E-state index contributed by atoms with van der Waals surface area (Å²) in [5, 5.41) is 0.307. The topological polar surface area (TPSA) is 55.2 Å². The van der Waals surface area contributed by atoms with Crippen molar-refractivity contribution in [1.82, 2.24) is 14.5 Å². The van der Waals surface area contributed by atoms with Gasteiger partial charge in [0.1, 0.15) is 18.9 Å². The summed E-state index contributed by atoms with van der Waals surface area (Å²) in [6.07, 6.45) is -3.32. The van der Waals surface area contributed by atoms with Crippen LogP contribution in [0.2, 0.25) is 0 Å². The molecule has 0 N–H and O–H groups in total. The summed E-state index contributed by atoms with van der Waals surface area (Å²) in [6.45, 7) is 2.72. The van der Waals surface area contributed by atoms with Crippen molar-refractivity contribution in [3.05, 3.63) is 53.1 Å². The molecule has 0 spiro atoms. The third-order valence-electron chi connectivity index (χ3n) is 3.42. The van der Waals surface area contributed by atoms with E-state index in [-0.39, 0.29) is 12.4 Å². The van der Waals surface area contributed by atoms with Gasteiger partial charge in [0.15, 0.2) is 0 Å². The van der Waals surface area contributed by atoms with E-state index in [0.29, 0.717) is 15.8 Å². The SMILES string of the molecule is C=CCN(CC(F)(F)F)C(=O)Cn1c(C)nc2ccccc2c1=O. The highest BCUT2D eigenvalue weighted by Gasteiger charge is 2.32. The second kappa shape index (κ2) is 6.86. The quantitative estimate of drug-likeness (QED) is 0.786. The molecular formula is C16H16F3N3O2. The van der Waals surface area contributed by atoms with Gasteiger partial charge in [-0.05, 0) is 19.1 Å². The third kappa shape index (κ3) is 4.01. The van der Waals surface area contributed by atoms with Crippen molar-refractivity contribution in [3.8, 4) is 0 Å². The number of benzene rings is 1. The Kier molecular flexibility index (Phi) is 5.06. The number of hydrogen-bond acceptors (Lipinski definition) is 3. The van der Waals surface area contributed by atoms with Crippen LogP contribution in [-0.2, 0) is 11.3 Å². The van der Waals surface area contributed by atoms with Gasteiger partial charge in [0, 0.05) is 6.54 Å². The number of alkyl halides is 3. The molecule has 2 aromatic rings. The van der Waals surface area contributed by atoms with Gasteiger partial charge in [-0.1, -0.05) is 18.2 Å². The monoisotopic (exact) mass is 339 g/mol. The molecule has 0 unspecified atom stereocenters. The van der Waals surface area contributed by atoms with E-state index in [1.165, 1.54) is 13.0 Å². The summed E-state index contributed by atoms with van der Waals surface area (Å²) in [4.78, 5) is 29.5. The summed E-state index contributed by atoms with van der Waals surface area (Å²) in [5.41, 5.74) is 0.0129. The molecular weight excluding hydrogens is 323 g/mol. The molecule has 1 amide bonds. The van der Waals surface area contributed by atoms with Crippen LogP contribution in [0.1, 0.15) is 5.82 Å². The van der Waals surface area contributed by atoms with E-state index in [2.05, 4.69) is 11.6 Å². The summed E-state index contributed by atoms with van der Waals surface area (Å²) < 4.78 is 38.8. The van der Waals surface area contributed by atoms with E-state index in [1.54, 1.807) is 24.3 Å². The maximum Gasteiger partial charge on any atom is 0.406 e. The largest absolute Gasteiger partial charge is 0.406 e. The van der Waals surface area contributed by atoms with Gasteiger partial charge in [-0.3, -0.25) is 14.2 Å². The number of carbonyl (C=O) groups is 1. The number of para-hydroxylation sites is 1. The highest BCUT2D eigenvalue weighted by molar-refractivity contribution is 5.79. The average molecular weight is 339 g/mol. The summed E-state index contributed by atoms with van der Waals surface area (Å²) >= 11 is 0. The molecule has 128 valence electrons. The molecule has 0 aliphatic carbocycles. The van der Waals surface area contributed by atoms with Crippen molar-refractivity contribution in [2.75, 3.05) is 13.1 Å². The van der Waals surface area contributed by atoms with E-state index in [9.17, 15) is 22.8 Å². The van der Waals surface area contributed by atoms with E-state index < -0.39 is 30.7 Å². The molecule has 1 aromatic carbocycles. The van der Waals surface area contributed by atoms with Crippen molar-refractivity contribution in [1.29, 1.82) is 0 Å². The number of amides is 1. The second-order valence-corrected chi connectivity index (χ2v) is 5.25. The van der Waals surface area contributed by atoms with Gasteiger partial charge < -0.3 is 4.90 Å². The first kappa shape index (κ1) is 17.7. The van der Waals surface area contributed by atoms with Crippen molar-refractivity contribution >= 4 is 16.8 Å². The molecule has 0 saturated carbocycles. The van der Waals surface area contributed by atoms with Crippen LogP contribution in [0.3, 0.4) is 0 Å². The Bertz CT molecular complexity index is 827. The minimum atomic E-state index is -4.53. The third-order valence-corrected chi connectivity index (χ3v) is 3.42. The summed E-state index contributed by atoms with van der Waals surface area (Å²) in [6, 6.07) is 6.59. The van der Waals surface area contributed by atoms with Gasteiger partial charge in [0.25, 0.3) is 5.56 Å². The minimum Gasteiger partial charge on any atom is -0.328 e. The first-order valence-corrected chi connectivity index (χ1v) is 7.14. The molecule has 24 heavy (non-hydrogen) atoms. The molecule has 0 aliphatic rings. The Morgan fingerprint density at radius 1 is 1.38 bits per heavy atom. The smallest absolute Gasteiger partial charge is 0.328 e. The Balaban J connectivity index is 2.35. The van der Waals surface area contributed by atoms with Crippen molar-refractivity contribution in [3.63, 3.8) is 0 Å². The molecule has 2 rings (SSSR count). The van der Waals surface area contributed by atoms with Crippen LogP contribution >= 0.6 is 0 Å². The van der Waals surface area contributed by atoms with Gasteiger partial charge in [0.2, 0.25) is 5.91 Å². The van der Waals surface area contributed by atoms with Gasteiger partial charge in [-0.25, -0.2) is 4.98 Å². The van der Waals surface area contributed by atoms with Crippen LogP contribution in [0.25, 0.3) is 10.9 Å². The molecule has 0 saturated heterocycles. The van der Waals surface area contributed by atoms with Crippen LogP contribution in [-0.4, -0.2) is 39.6 Å². The predicted octanol–water partition coefficient (Wildman–Crippen LogP) is 2.28. The van der Waals surface area contributed by atoms with Crippen molar-refractivity contribution < 1.29 is 18.0 Å². The van der Waals surface area contributed by atoms with Gasteiger partial charge in [-0.15, -0.1) is 6.58 Å². The number of fused-ring (bicyclic) bond motifs is 1. The molecule has 0 bridgehead atoms.